The summed E-state index contributed by atoms with van der Waals surface area (Å²) >= 11 is 0. The summed E-state index contributed by atoms with van der Waals surface area (Å²) in [6.45, 7) is 0.185. The van der Waals surface area contributed by atoms with Crippen LogP contribution in [0.4, 0.5) is 14.7 Å². The highest BCUT2D eigenvalue weighted by Gasteiger charge is 2.32. The molecule has 1 fully saturated rings. The molecular weight excluding hydrogens is 376 g/mol. The molecule has 0 unspecified atom stereocenters. The van der Waals surface area contributed by atoms with Gasteiger partial charge in [0.2, 0.25) is 5.95 Å². The second-order valence-electron chi connectivity index (χ2n) is 7.11. The molecule has 2 heterocycles. The summed E-state index contributed by atoms with van der Waals surface area (Å²) in [5.74, 6) is -0.885. The average molecular weight is 393 g/mol. The molecule has 5 rings (SSSR count). The molecule has 0 bridgehead atoms. The number of rotatable bonds is 5. The number of hydrogen-bond acceptors (Lipinski definition) is 4. The fourth-order valence-electron chi connectivity index (χ4n) is 3.40. The maximum absolute atomic E-state index is 14.2. The third-order valence-electron chi connectivity index (χ3n) is 5.04. The van der Waals surface area contributed by atoms with Gasteiger partial charge >= 0.3 is 0 Å². The van der Waals surface area contributed by atoms with Crippen molar-refractivity contribution in [2.24, 2.45) is 0 Å². The molecule has 0 spiro atoms. The predicted octanol–water partition coefficient (Wildman–Crippen LogP) is 3.56. The Balaban J connectivity index is 1.60. The summed E-state index contributed by atoms with van der Waals surface area (Å²) < 4.78 is 29.1. The quantitative estimate of drug-likeness (QED) is 0.563. The van der Waals surface area contributed by atoms with E-state index in [1.54, 1.807) is 4.68 Å². The number of para-hydroxylation sites is 1. The molecule has 0 amide bonds. The minimum atomic E-state index is -0.621. The van der Waals surface area contributed by atoms with E-state index in [-0.39, 0.29) is 18.1 Å². The van der Waals surface area contributed by atoms with Crippen LogP contribution in [-0.4, -0.2) is 25.8 Å². The fraction of sp³-hybridized carbons (Fsp3) is 0.190. The van der Waals surface area contributed by atoms with Gasteiger partial charge in [-0.1, -0.05) is 24.3 Å². The highest BCUT2D eigenvalue weighted by atomic mass is 19.1. The van der Waals surface area contributed by atoms with Crippen LogP contribution in [0.5, 0.6) is 0 Å². The molecule has 4 aromatic rings. The first-order valence-corrected chi connectivity index (χ1v) is 9.34. The van der Waals surface area contributed by atoms with Gasteiger partial charge < -0.3 is 4.90 Å². The van der Waals surface area contributed by atoms with Gasteiger partial charge in [0.25, 0.3) is 5.56 Å². The van der Waals surface area contributed by atoms with Gasteiger partial charge in [0.15, 0.2) is 5.65 Å². The summed E-state index contributed by atoms with van der Waals surface area (Å²) in [4.78, 5) is 22.0. The number of benzene rings is 2. The molecule has 8 heteroatoms. The monoisotopic (exact) mass is 393 g/mol. The van der Waals surface area contributed by atoms with Crippen LogP contribution in [0.1, 0.15) is 18.4 Å². The van der Waals surface area contributed by atoms with Gasteiger partial charge in [0.05, 0.1) is 11.9 Å². The van der Waals surface area contributed by atoms with E-state index in [0.717, 1.165) is 24.6 Å². The summed E-state index contributed by atoms with van der Waals surface area (Å²) in [6, 6.07) is 13.1. The zero-order chi connectivity index (χ0) is 20.0. The minimum Gasteiger partial charge on any atom is -0.335 e. The van der Waals surface area contributed by atoms with Crippen LogP contribution < -0.4 is 10.5 Å². The Morgan fingerprint density at radius 3 is 2.66 bits per heavy atom. The second-order valence-corrected chi connectivity index (χ2v) is 7.11. The summed E-state index contributed by atoms with van der Waals surface area (Å²) in [5.41, 5.74) is 1.25. The van der Waals surface area contributed by atoms with Gasteiger partial charge in [-0.15, -0.1) is 0 Å². The number of H-pyrrole nitrogens is 1. The van der Waals surface area contributed by atoms with Crippen molar-refractivity contribution in [3.05, 3.63) is 82.3 Å². The van der Waals surface area contributed by atoms with Crippen LogP contribution in [-0.2, 0) is 6.54 Å². The standard InChI is InChI=1S/C21H17F2N5O/c22-14-7-6-13(18(23)10-14)12-27(15-8-9-15)21-25-19-17(20(29)26-21)11-24-28(19)16-4-2-1-3-5-16/h1-7,10-11,15H,8-9,12H2,(H,25,26,29). The van der Waals surface area contributed by atoms with Crippen LogP contribution in [0.3, 0.4) is 0 Å². The molecular formula is C21H17F2N5O. The van der Waals surface area contributed by atoms with Crippen LogP contribution >= 0.6 is 0 Å². The van der Waals surface area contributed by atoms with Crippen LogP contribution in [0.25, 0.3) is 16.7 Å². The van der Waals surface area contributed by atoms with Crippen LogP contribution in [0, 0.1) is 11.6 Å². The molecule has 0 atom stereocenters. The van der Waals surface area contributed by atoms with E-state index in [2.05, 4.69) is 15.1 Å². The maximum Gasteiger partial charge on any atom is 0.263 e. The highest BCUT2D eigenvalue weighted by molar-refractivity contribution is 5.76. The van der Waals surface area contributed by atoms with E-state index >= 15 is 0 Å². The molecule has 6 nitrogen and oxygen atoms in total. The zero-order valence-corrected chi connectivity index (χ0v) is 15.3. The molecule has 1 aliphatic carbocycles. The third kappa shape index (κ3) is 3.26. The van der Waals surface area contributed by atoms with Crippen molar-refractivity contribution in [1.82, 2.24) is 19.7 Å². The number of hydrogen-bond donors (Lipinski definition) is 1. The molecule has 29 heavy (non-hydrogen) atoms. The fourth-order valence-corrected chi connectivity index (χ4v) is 3.40. The molecule has 2 aromatic heterocycles. The first kappa shape index (κ1) is 17.5. The van der Waals surface area contributed by atoms with Crippen molar-refractivity contribution in [2.75, 3.05) is 4.90 Å². The topological polar surface area (TPSA) is 66.8 Å². The molecule has 1 N–H and O–H groups in total. The lowest BCUT2D eigenvalue weighted by molar-refractivity contribution is 0.567. The van der Waals surface area contributed by atoms with Crippen molar-refractivity contribution in [3.8, 4) is 5.69 Å². The summed E-state index contributed by atoms with van der Waals surface area (Å²) in [7, 11) is 0. The summed E-state index contributed by atoms with van der Waals surface area (Å²) in [6.07, 6.45) is 3.32. The lowest BCUT2D eigenvalue weighted by Crippen LogP contribution is -2.29. The van der Waals surface area contributed by atoms with E-state index < -0.39 is 11.6 Å². The maximum atomic E-state index is 14.2. The largest absolute Gasteiger partial charge is 0.335 e. The Morgan fingerprint density at radius 2 is 1.93 bits per heavy atom. The Morgan fingerprint density at radius 1 is 1.14 bits per heavy atom. The number of nitrogens with zero attached hydrogens (tertiary/aromatic N) is 4. The molecule has 0 aliphatic heterocycles. The number of halogens is 2. The van der Waals surface area contributed by atoms with E-state index in [4.69, 9.17) is 0 Å². The van der Waals surface area contributed by atoms with E-state index in [9.17, 15) is 13.6 Å². The molecule has 0 saturated heterocycles. The van der Waals surface area contributed by atoms with Gasteiger partial charge in [-0.25, -0.2) is 13.5 Å². The predicted molar refractivity (Wildman–Crippen MR) is 105 cm³/mol. The van der Waals surface area contributed by atoms with E-state index in [1.807, 2.05) is 35.2 Å². The third-order valence-corrected chi connectivity index (χ3v) is 5.04. The molecule has 0 radical (unpaired) electrons. The number of aromatic nitrogens is 4. The van der Waals surface area contributed by atoms with Gasteiger partial charge in [0.1, 0.15) is 17.0 Å². The lowest BCUT2D eigenvalue weighted by atomic mass is 10.2. The SMILES string of the molecule is O=c1[nH]c(N(Cc2ccc(F)cc2F)C2CC2)nc2c1cnn2-c1ccccc1. The number of fused-ring (bicyclic) bond motifs is 1. The average Bonchev–Trinajstić information content (AvgIpc) is 3.46. The van der Waals surface area contributed by atoms with Crippen molar-refractivity contribution in [1.29, 1.82) is 0 Å². The Bertz CT molecular complexity index is 1250. The first-order chi connectivity index (χ1) is 14.1. The van der Waals surface area contributed by atoms with Crippen molar-refractivity contribution in [3.63, 3.8) is 0 Å². The van der Waals surface area contributed by atoms with Crippen molar-refractivity contribution >= 4 is 17.0 Å². The van der Waals surface area contributed by atoms with Gasteiger partial charge in [0, 0.05) is 24.2 Å². The number of nitrogens with one attached hydrogen (secondary N) is 1. The van der Waals surface area contributed by atoms with Gasteiger partial charge in [-0.2, -0.15) is 10.1 Å². The number of anilines is 1. The smallest absolute Gasteiger partial charge is 0.263 e. The Hall–Kier alpha value is -3.55. The normalized spacial score (nSPS) is 13.7. The number of aromatic amines is 1. The Labute approximate surface area is 164 Å². The van der Waals surface area contributed by atoms with Crippen molar-refractivity contribution in [2.45, 2.75) is 25.4 Å². The molecule has 1 saturated carbocycles. The van der Waals surface area contributed by atoms with Crippen LogP contribution in [0.2, 0.25) is 0 Å². The second kappa shape index (κ2) is 6.80. The van der Waals surface area contributed by atoms with Crippen molar-refractivity contribution < 1.29 is 8.78 Å². The Kier molecular flexibility index (Phi) is 4.12. The van der Waals surface area contributed by atoms with E-state index in [1.165, 1.54) is 18.3 Å². The molecule has 2 aromatic carbocycles. The molecule has 1 aliphatic rings. The minimum absolute atomic E-state index is 0.146. The van der Waals surface area contributed by atoms with E-state index in [0.29, 0.717) is 22.5 Å². The highest BCUT2D eigenvalue weighted by Crippen LogP contribution is 2.32. The summed E-state index contributed by atoms with van der Waals surface area (Å²) in [5, 5.41) is 4.69. The first-order valence-electron chi connectivity index (χ1n) is 9.34. The lowest BCUT2D eigenvalue weighted by Gasteiger charge is -2.23. The van der Waals surface area contributed by atoms with Gasteiger partial charge in [-0.05, 0) is 31.0 Å². The van der Waals surface area contributed by atoms with Crippen LogP contribution in [0.15, 0.2) is 59.5 Å². The van der Waals surface area contributed by atoms with Gasteiger partial charge in [-0.3, -0.25) is 9.78 Å². The zero-order valence-electron chi connectivity index (χ0n) is 15.3. The molecule has 146 valence electrons.